The fourth-order valence-corrected chi connectivity index (χ4v) is 3.24. The van der Waals surface area contributed by atoms with Crippen LogP contribution in [0.25, 0.3) is 21.6 Å². The van der Waals surface area contributed by atoms with Crippen LogP contribution in [-0.2, 0) is 0 Å². The Kier molecular flexibility index (Phi) is 3.88. The fraction of sp³-hybridized carbons (Fsp3) is 0.294. The van der Waals surface area contributed by atoms with Crippen LogP contribution in [0.3, 0.4) is 0 Å². The van der Waals surface area contributed by atoms with Crippen LogP contribution in [0.5, 0.6) is 0 Å². The number of aryl methyl sites for hydroxylation is 2. The Bertz CT molecular complexity index is 777. The Morgan fingerprint density at radius 1 is 1.14 bits per heavy atom. The van der Waals surface area contributed by atoms with Gasteiger partial charge in [-0.3, -0.25) is 0 Å². The van der Waals surface area contributed by atoms with Crippen LogP contribution in [-0.4, -0.2) is 16.5 Å². The van der Waals surface area contributed by atoms with Gasteiger partial charge in [0.25, 0.3) is 0 Å². The average Bonchev–Trinajstić information content (AvgIpc) is 2.85. The summed E-state index contributed by atoms with van der Waals surface area (Å²) in [5.74, 6) is 1.76. The molecule has 2 heterocycles. The van der Waals surface area contributed by atoms with Gasteiger partial charge in [-0.05, 0) is 31.9 Å². The second kappa shape index (κ2) is 5.82. The van der Waals surface area contributed by atoms with Crippen molar-refractivity contribution in [1.82, 2.24) is 9.97 Å². The molecule has 3 rings (SSSR count). The van der Waals surface area contributed by atoms with Gasteiger partial charge in [-0.25, -0.2) is 9.97 Å². The van der Waals surface area contributed by atoms with Gasteiger partial charge >= 0.3 is 0 Å². The molecule has 0 aliphatic rings. The van der Waals surface area contributed by atoms with E-state index >= 15 is 0 Å². The van der Waals surface area contributed by atoms with Crippen LogP contribution in [0, 0.1) is 13.8 Å². The quantitative estimate of drug-likeness (QED) is 0.752. The van der Waals surface area contributed by atoms with Crippen LogP contribution >= 0.6 is 11.3 Å². The van der Waals surface area contributed by atoms with E-state index in [1.54, 1.807) is 11.3 Å². The van der Waals surface area contributed by atoms with Crippen LogP contribution in [0.15, 0.2) is 30.3 Å². The molecule has 4 heteroatoms. The average molecular weight is 297 g/mol. The molecule has 0 atom stereocenters. The maximum atomic E-state index is 4.77. The van der Waals surface area contributed by atoms with Crippen molar-refractivity contribution in [3.63, 3.8) is 0 Å². The first-order chi connectivity index (χ1) is 10.2. The number of nitrogens with one attached hydrogen (secondary N) is 1. The zero-order valence-electron chi connectivity index (χ0n) is 12.6. The number of benzene rings is 1. The van der Waals surface area contributed by atoms with E-state index in [1.807, 2.05) is 12.1 Å². The number of rotatable bonds is 4. The van der Waals surface area contributed by atoms with Gasteiger partial charge in [0, 0.05) is 17.0 Å². The third-order valence-corrected chi connectivity index (χ3v) is 4.39. The first-order valence-electron chi connectivity index (χ1n) is 7.27. The van der Waals surface area contributed by atoms with Gasteiger partial charge in [0.05, 0.1) is 5.39 Å². The van der Waals surface area contributed by atoms with Crippen molar-refractivity contribution in [2.45, 2.75) is 27.2 Å². The van der Waals surface area contributed by atoms with Gasteiger partial charge in [0.1, 0.15) is 10.6 Å². The molecule has 0 radical (unpaired) electrons. The first-order valence-corrected chi connectivity index (χ1v) is 8.08. The number of aromatic nitrogens is 2. The zero-order chi connectivity index (χ0) is 14.8. The molecule has 1 aromatic carbocycles. The Morgan fingerprint density at radius 2 is 1.95 bits per heavy atom. The molecule has 3 aromatic rings. The molecule has 2 aromatic heterocycles. The highest BCUT2D eigenvalue weighted by atomic mass is 32.1. The SMILES string of the molecule is CCCNc1nc(-c2ccccc2C)nc2sc(C)cc12. The molecule has 0 unspecified atom stereocenters. The van der Waals surface area contributed by atoms with Gasteiger partial charge < -0.3 is 5.32 Å². The summed E-state index contributed by atoms with van der Waals surface area (Å²) in [4.78, 5) is 11.9. The van der Waals surface area contributed by atoms with Gasteiger partial charge in [-0.1, -0.05) is 31.2 Å². The number of fused-ring (bicyclic) bond motifs is 1. The highest BCUT2D eigenvalue weighted by Gasteiger charge is 2.12. The lowest BCUT2D eigenvalue weighted by Crippen LogP contribution is -2.04. The summed E-state index contributed by atoms with van der Waals surface area (Å²) in [5, 5.41) is 4.56. The highest BCUT2D eigenvalue weighted by molar-refractivity contribution is 7.18. The summed E-state index contributed by atoms with van der Waals surface area (Å²) in [5.41, 5.74) is 2.30. The largest absolute Gasteiger partial charge is 0.369 e. The van der Waals surface area contributed by atoms with Crippen LogP contribution in [0.2, 0.25) is 0 Å². The molecule has 0 aliphatic carbocycles. The van der Waals surface area contributed by atoms with Crippen molar-refractivity contribution >= 4 is 27.4 Å². The summed E-state index contributed by atoms with van der Waals surface area (Å²) < 4.78 is 0. The summed E-state index contributed by atoms with van der Waals surface area (Å²) >= 11 is 1.72. The smallest absolute Gasteiger partial charge is 0.163 e. The molecule has 0 aliphatic heterocycles. The van der Waals surface area contributed by atoms with E-state index in [9.17, 15) is 0 Å². The molecule has 0 amide bonds. The summed E-state index contributed by atoms with van der Waals surface area (Å²) in [6.45, 7) is 7.30. The second-order valence-electron chi connectivity index (χ2n) is 5.21. The number of nitrogens with zero attached hydrogens (tertiary/aromatic N) is 2. The van der Waals surface area contributed by atoms with Crippen molar-refractivity contribution in [2.24, 2.45) is 0 Å². The standard InChI is InChI=1S/C17H19N3S/c1-4-9-18-15-14-10-12(3)21-17(14)20-16(19-15)13-8-6-5-7-11(13)2/h5-8,10H,4,9H2,1-3H3,(H,18,19,20). The predicted octanol–water partition coefficient (Wildman–Crippen LogP) is 4.80. The lowest BCUT2D eigenvalue weighted by molar-refractivity contribution is 0.970. The monoisotopic (exact) mass is 297 g/mol. The molecule has 21 heavy (non-hydrogen) atoms. The second-order valence-corrected chi connectivity index (χ2v) is 6.45. The van der Waals surface area contributed by atoms with Crippen LogP contribution in [0.4, 0.5) is 5.82 Å². The fourth-order valence-electron chi connectivity index (χ4n) is 2.36. The van der Waals surface area contributed by atoms with Gasteiger partial charge in [0.2, 0.25) is 0 Å². The third-order valence-electron chi connectivity index (χ3n) is 3.44. The highest BCUT2D eigenvalue weighted by Crippen LogP contribution is 2.31. The topological polar surface area (TPSA) is 37.8 Å². The van der Waals surface area contributed by atoms with Gasteiger partial charge in [-0.15, -0.1) is 11.3 Å². The van der Waals surface area contributed by atoms with E-state index in [4.69, 9.17) is 9.97 Å². The van der Waals surface area contributed by atoms with E-state index in [-0.39, 0.29) is 0 Å². The zero-order valence-corrected chi connectivity index (χ0v) is 13.4. The van der Waals surface area contributed by atoms with Crippen molar-refractivity contribution in [3.05, 3.63) is 40.8 Å². The van der Waals surface area contributed by atoms with E-state index < -0.39 is 0 Å². The number of anilines is 1. The van der Waals surface area contributed by atoms with Crippen molar-refractivity contribution < 1.29 is 0 Å². The Morgan fingerprint density at radius 3 is 2.71 bits per heavy atom. The summed E-state index contributed by atoms with van der Waals surface area (Å²) in [7, 11) is 0. The summed E-state index contributed by atoms with van der Waals surface area (Å²) in [6.07, 6.45) is 1.08. The molecule has 1 N–H and O–H groups in total. The van der Waals surface area contributed by atoms with E-state index in [0.29, 0.717) is 0 Å². The van der Waals surface area contributed by atoms with E-state index in [2.05, 4.69) is 44.3 Å². The lowest BCUT2D eigenvalue weighted by Gasteiger charge is -2.09. The minimum absolute atomic E-state index is 0.807. The first kappa shape index (κ1) is 14.0. The minimum atomic E-state index is 0.807. The van der Waals surface area contributed by atoms with Crippen molar-refractivity contribution in [2.75, 3.05) is 11.9 Å². The molecule has 0 fully saturated rings. The van der Waals surface area contributed by atoms with Crippen LogP contribution < -0.4 is 5.32 Å². The molecule has 0 spiro atoms. The Balaban J connectivity index is 2.17. The summed E-state index contributed by atoms with van der Waals surface area (Å²) in [6, 6.07) is 10.4. The van der Waals surface area contributed by atoms with Crippen LogP contribution in [0.1, 0.15) is 23.8 Å². The Labute approximate surface area is 129 Å². The third kappa shape index (κ3) is 2.76. The lowest BCUT2D eigenvalue weighted by atomic mass is 10.1. The number of hydrogen-bond donors (Lipinski definition) is 1. The Hall–Kier alpha value is -1.94. The van der Waals surface area contributed by atoms with Crippen molar-refractivity contribution in [1.29, 1.82) is 0 Å². The predicted molar refractivity (Wildman–Crippen MR) is 91.1 cm³/mol. The molecular formula is C17H19N3S. The van der Waals surface area contributed by atoms with Gasteiger partial charge in [-0.2, -0.15) is 0 Å². The van der Waals surface area contributed by atoms with E-state index in [1.165, 1.54) is 10.4 Å². The molecule has 0 saturated heterocycles. The van der Waals surface area contributed by atoms with Gasteiger partial charge in [0.15, 0.2) is 5.82 Å². The molecule has 3 nitrogen and oxygen atoms in total. The normalized spacial score (nSPS) is 11.0. The molecule has 0 bridgehead atoms. The number of thiophene rings is 1. The van der Waals surface area contributed by atoms with E-state index in [0.717, 1.165) is 40.4 Å². The molecular weight excluding hydrogens is 278 g/mol. The minimum Gasteiger partial charge on any atom is -0.369 e. The molecule has 0 saturated carbocycles. The molecule has 108 valence electrons. The maximum Gasteiger partial charge on any atom is 0.163 e. The number of hydrogen-bond acceptors (Lipinski definition) is 4. The van der Waals surface area contributed by atoms with Crippen molar-refractivity contribution in [3.8, 4) is 11.4 Å². The maximum absolute atomic E-state index is 4.77.